The van der Waals surface area contributed by atoms with Crippen LogP contribution in [0.5, 0.6) is 0 Å². The van der Waals surface area contributed by atoms with Gasteiger partial charge in [0, 0.05) is 0 Å². The second kappa shape index (κ2) is 2.46. The number of aliphatic hydroxyl groups excluding tert-OH is 3. The second-order valence-electron chi connectivity index (χ2n) is 4.13. The predicted molar refractivity (Wildman–Crippen MR) is 40.7 cm³/mol. The molecule has 0 aromatic heterocycles. The van der Waals surface area contributed by atoms with Crippen molar-refractivity contribution in [3.05, 3.63) is 0 Å². The summed E-state index contributed by atoms with van der Waals surface area (Å²) < 4.78 is 15.6. The molecule has 0 aliphatic carbocycles. The SMILES string of the molecule is CC12O[C@H]3O[C@@H](O1)C(O)C(C3O)C2O. The summed E-state index contributed by atoms with van der Waals surface area (Å²) in [5.41, 5.74) is 0. The minimum Gasteiger partial charge on any atom is -0.387 e. The minimum absolute atomic E-state index is 0.661. The van der Waals surface area contributed by atoms with E-state index < -0.39 is 42.6 Å². The van der Waals surface area contributed by atoms with E-state index in [4.69, 9.17) is 14.2 Å². The first kappa shape index (κ1) is 9.02. The molecule has 4 aliphatic rings. The van der Waals surface area contributed by atoms with Gasteiger partial charge in [-0.25, -0.2) is 0 Å². The lowest BCUT2D eigenvalue weighted by Crippen LogP contribution is -2.76. The van der Waals surface area contributed by atoms with Crippen molar-refractivity contribution in [2.75, 3.05) is 0 Å². The average Bonchev–Trinajstić information content (AvgIpc) is 2.12. The molecule has 4 saturated heterocycles. The Morgan fingerprint density at radius 1 is 1.00 bits per heavy atom. The van der Waals surface area contributed by atoms with Crippen molar-refractivity contribution in [1.29, 1.82) is 0 Å². The second-order valence-corrected chi connectivity index (χ2v) is 4.13. The number of aliphatic hydroxyl groups is 3. The van der Waals surface area contributed by atoms with Crippen LogP contribution in [0.2, 0.25) is 0 Å². The van der Waals surface area contributed by atoms with Crippen LogP contribution in [0.15, 0.2) is 0 Å². The first-order valence-corrected chi connectivity index (χ1v) is 4.58. The number of ether oxygens (including phenoxy) is 3. The maximum atomic E-state index is 9.80. The van der Waals surface area contributed by atoms with E-state index in [9.17, 15) is 15.3 Å². The van der Waals surface area contributed by atoms with Crippen molar-refractivity contribution < 1.29 is 29.5 Å². The minimum atomic E-state index is -1.17. The molecule has 7 atom stereocenters. The van der Waals surface area contributed by atoms with Crippen LogP contribution >= 0.6 is 0 Å². The molecular formula is C8H12O6. The lowest BCUT2D eigenvalue weighted by Gasteiger charge is -2.60. The summed E-state index contributed by atoms with van der Waals surface area (Å²) in [5, 5.41) is 29.1. The Bertz CT molecular complexity index is 251. The third-order valence-corrected chi connectivity index (χ3v) is 3.22. The van der Waals surface area contributed by atoms with Crippen LogP contribution in [0.4, 0.5) is 0 Å². The topological polar surface area (TPSA) is 88.4 Å². The molecule has 3 N–H and O–H groups in total. The fourth-order valence-electron chi connectivity index (χ4n) is 2.40. The van der Waals surface area contributed by atoms with E-state index >= 15 is 0 Å². The fraction of sp³-hybridized carbons (Fsp3) is 1.00. The van der Waals surface area contributed by atoms with Crippen LogP contribution in [0.25, 0.3) is 0 Å². The highest BCUT2D eigenvalue weighted by molar-refractivity contribution is 5.03. The van der Waals surface area contributed by atoms with Crippen LogP contribution in [-0.2, 0) is 14.2 Å². The van der Waals surface area contributed by atoms with E-state index in [1.54, 1.807) is 6.92 Å². The zero-order valence-corrected chi connectivity index (χ0v) is 7.53. The van der Waals surface area contributed by atoms with E-state index in [0.29, 0.717) is 0 Å². The Morgan fingerprint density at radius 2 is 1.50 bits per heavy atom. The van der Waals surface area contributed by atoms with Crippen molar-refractivity contribution in [2.24, 2.45) is 5.92 Å². The molecule has 4 fully saturated rings. The third-order valence-electron chi connectivity index (χ3n) is 3.22. The molecule has 0 saturated carbocycles. The molecule has 80 valence electrons. The van der Waals surface area contributed by atoms with Gasteiger partial charge in [0.15, 0.2) is 18.4 Å². The summed E-state index contributed by atoms with van der Waals surface area (Å²) in [7, 11) is 0. The molecule has 5 unspecified atom stereocenters. The highest BCUT2D eigenvalue weighted by Crippen LogP contribution is 2.47. The standard InChI is InChI=1S/C8H12O6/c1-8-5(11)2-3(9)6(13-8)12-7(14-8)4(2)10/h2-7,9-11H,1H3/t2?,3?,4?,5?,6-,7+,8?. The van der Waals surface area contributed by atoms with Gasteiger partial charge in [-0.3, -0.25) is 0 Å². The van der Waals surface area contributed by atoms with Crippen molar-refractivity contribution in [3.63, 3.8) is 0 Å². The van der Waals surface area contributed by atoms with Crippen LogP contribution in [-0.4, -0.2) is 52.0 Å². The van der Waals surface area contributed by atoms with Gasteiger partial charge in [-0.1, -0.05) is 0 Å². The van der Waals surface area contributed by atoms with Gasteiger partial charge in [0.1, 0.15) is 18.3 Å². The van der Waals surface area contributed by atoms with Gasteiger partial charge >= 0.3 is 0 Å². The smallest absolute Gasteiger partial charge is 0.198 e. The molecule has 6 heteroatoms. The monoisotopic (exact) mass is 204 g/mol. The quantitative estimate of drug-likeness (QED) is 0.429. The van der Waals surface area contributed by atoms with E-state index in [-0.39, 0.29) is 0 Å². The highest BCUT2D eigenvalue weighted by Gasteiger charge is 2.66. The van der Waals surface area contributed by atoms with Crippen LogP contribution < -0.4 is 0 Å². The lowest BCUT2D eigenvalue weighted by molar-refractivity contribution is -0.529. The van der Waals surface area contributed by atoms with Crippen molar-refractivity contribution in [3.8, 4) is 0 Å². The fourth-order valence-corrected chi connectivity index (χ4v) is 2.40. The normalized spacial score (nSPS) is 66.0. The molecule has 0 amide bonds. The van der Waals surface area contributed by atoms with Gasteiger partial charge < -0.3 is 29.5 Å². The van der Waals surface area contributed by atoms with Gasteiger partial charge in [0.05, 0.1) is 5.92 Å². The third kappa shape index (κ3) is 0.861. The summed E-state index contributed by atoms with van der Waals surface area (Å²) in [5.74, 6) is -1.83. The molecular weight excluding hydrogens is 192 g/mol. The Kier molecular flexibility index (Phi) is 1.59. The van der Waals surface area contributed by atoms with Gasteiger partial charge in [-0.05, 0) is 6.92 Å². The van der Waals surface area contributed by atoms with Crippen LogP contribution in [0, 0.1) is 5.92 Å². The van der Waals surface area contributed by atoms with Gasteiger partial charge in [-0.15, -0.1) is 0 Å². The predicted octanol–water partition coefficient (Wildman–Crippen LogP) is -1.86. The molecule has 0 radical (unpaired) electrons. The summed E-state index contributed by atoms with van der Waals surface area (Å²) in [6, 6.07) is 0. The summed E-state index contributed by atoms with van der Waals surface area (Å²) in [6.07, 6.45) is -4.67. The van der Waals surface area contributed by atoms with E-state index in [1.807, 2.05) is 0 Å². The Hall–Kier alpha value is -0.240. The number of hydrogen-bond acceptors (Lipinski definition) is 6. The lowest BCUT2D eigenvalue weighted by atomic mass is 9.79. The molecule has 4 bridgehead atoms. The van der Waals surface area contributed by atoms with Crippen LogP contribution in [0.3, 0.4) is 0 Å². The zero-order valence-electron chi connectivity index (χ0n) is 7.53. The molecule has 4 aliphatic heterocycles. The largest absolute Gasteiger partial charge is 0.387 e. The van der Waals surface area contributed by atoms with Crippen molar-refractivity contribution in [1.82, 2.24) is 0 Å². The van der Waals surface area contributed by atoms with Crippen molar-refractivity contribution >= 4 is 0 Å². The van der Waals surface area contributed by atoms with Crippen LogP contribution in [0.1, 0.15) is 6.92 Å². The molecule has 6 nitrogen and oxygen atoms in total. The molecule has 14 heavy (non-hydrogen) atoms. The van der Waals surface area contributed by atoms with E-state index in [0.717, 1.165) is 0 Å². The van der Waals surface area contributed by atoms with E-state index in [2.05, 4.69) is 0 Å². The molecule has 0 aromatic carbocycles. The van der Waals surface area contributed by atoms with Gasteiger partial charge in [-0.2, -0.15) is 0 Å². The molecule has 4 heterocycles. The number of rotatable bonds is 0. The van der Waals surface area contributed by atoms with Gasteiger partial charge in [0.2, 0.25) is 0 Å². The first-order valence-electron chi connectivity index (χ1n) is 4.58. The Morgan fingerprint density at radius 3 is 2.00 bits per heavy atom. The number of hydrogen-bond donors (Lipinski definition) is 3. The summed E-state index contributed by atoms with van der Waals surface area (Å²) in [6.45, 7) is 1.57. The first-order chi connectivity index (χ1) is 6.53. The zero-order chi connectivity index (χ0) is 10.1. The van der Waals surface area contributed by atoms with Gasteiger partial charge in [0.25, 0.3) is 0 Å². The summed E-state index contributed by atoms with van der Waals surface area (Å²) >= 11 is 0. The summed E-state index contributed by atoms with van der Waals surface area (Å²) in [4.78, 5) is 0. The van der Waals surface area contributed by atoms with Crippen molar-refractivity contribution in [2.45, 2.75) is 43.6 Å². The highest BCUT2D eigenvalue weighted by atomic mass is 16.9. The molecule has 0 spiro atoms. The molecule has 0 aromatic rings. The Labute approximate surface area is 80.0 Å². The van der Waals surface area contributed by atoms with E-state index in [1.165, 1.54) is 0 Å². The maximum Gasteiger partial charge on any atom is 0.198 e. The maximum absolute atomic E-state index is 9.80. The Balaban J connectivity index is 2.02. The molecule has 4 rings (SSSR count). The average molecular weight is 204 g/mol.